The summed E-state index contributed by atoms with van der Waals surface area (Å²) in [5, 5.41) is 3.22. The highest BCUT2D eigenvalue weighted by Gasteiger charge is 2.18. The predicted molar refractivity (Wildman–Crippen MR) is 77.5 cm³/mol. The van der Waals surface area contributed by atoms with Gasteiger partial charge in [0.2, 0.25) is 0 Å². The van der Waals surface area contributed by atoms with Crippen molar-refractivity contribution >= 4 is 11.6 Å². The van der Waals surface area contributed by atoms with Crippen LogP contribution in [0.2, 0.25) is 0 Å². The Hall–Kier alpha value is -1.65. The molecule has 1 aromatic rings. The minimum atomic E-state index is -0.0644. The van der Waals surface area contributed by atoms with E-state index >= 15 is 0 Å². The maximum atomic E-state index is 12.3. The van der Waals surface area contributed by atoms with Gasteiger partial charge in [-0.2, -0.15) is 0 Å². The average molecular weight is 264 g/mol. The molecule has 0 bridgehead atoms. The van der Waals surface area contributed by atoms with Crippen molar-refractivity contribution in [3.8, 4) is 0 Å². The monoisotopic (exact) mass is 264 g/mol. The number of hydrogen-bond acceptors (Lipinski definition) is 4. The van der Waals surface area contributed by atoms with Gasteiger partial charge in [0.15, 0.2) is 5.69 Å². The maximum Gasteiger partial charge on any atom is 0.274 e. The van der Waals surface area contributed by atoms with E-state index in [9.17, 15) is 4.79 Å². The average Bonchev–Trinajstić information content (AvgIpc) is 2.43. The van der Waals surface area contributed by atoms with E-state index in [1.165, 1.54) is 0 Å². The van der Waals surface area contributed by atoms with Gasteiger partial charge in [-0.05, 0) is 13.3 Å². The van der Waals surface area contributed by atoms with Crippen LogP contribution >= 0.6 is 0 Å². The van der Waals surface area contributed by atoms with Crippen LogP contribution in [0.5, 0.6) is 0 Å². The van der Waals surface area contributed by atoms with Crippen molar-refractivity contribution in [2.45, 2.75) is 40.0 Å². The number of nitrogens with one attached hydrogen (secondary N) is 1. The minimum absolute atomic E-state index is 0.0644. The molecule has 0 saturated heterocycles. The molecule has 0 atom stereocenters. The third-order valence-electron chi connectivity index (χ3n) is 2.91. The number of nitrogens with zero attached hydrogens (tertiary/aromatic N) is 3. The molecule has 0 aromatic carbocycles. The molecule has 0 fully saturated rings. The number of aromatic nitrogens is 2. The zero-order valence-electron chi connectivity index (χ0n) is 12.5. The van der Waals surface area contributed by atoms with Crippen molar-refractivity contribution in [1.82, 2.24) is 14.9 Å². The van der Waals surface area contributed by atoms with Gasteiger partial charge in [0.1, 0.15) is 5.82 Å². The number of carbonyl (C=O) groups is 1. The first-order valence-corrected chi connectivity index (χ1v) is 6.87. The van der Waals surface area contributed by atoms with Crippen LogP contribution in [0.1, 0.15) is 56.3 Å². The standard InChI is InChI=1S/C14H24N4O/c1-6-8-15-11-9-16-13(10(3)4)17-12(11)14(19)18(5)7-2/h9-10,15H,6-8H2,1-5H3. The van der Waals surface area contributed by atoms with E-state index in [1.54, 1.807) is 18.1 Å². The maximum absolute atomic E-state index is 12.3. The van der Waals surface area contributed by atoms with Crippen LogP contribution in [-0.4, -0.2) is 40.9 Å². The smallest absolute Gasteiger partial charge is 0.274 e. The molecule has 0 saturated carbocycles. The van der Waals surface area contributed by atoms with E-state index in [4.69, 9.17) is 0 Å². The van der Waals surface area contributed by atoms with Crippen molar-refractivity contribution in [1.29, 1.82) is 0 Å². The van der Waals surface area contributed by atoms with Gasteiger partial charge in [-0.25, -0.2) is 9.97 Å². The van der Waals surface area contributed by atoms with Crippen molar-refractivity contribution in [3.05, 3.63) is 17.7 Å². The number of rotatable bonds is 6. The van der Waals surface area contributed by atoms with Crippen molar-refractivity contribution in [2.24, 2.45) is 0 Å². The number of hydrogen-bond donors (Lipinski definition) is 1. The summed E-state index contributed by atoms with van der Waals surface area (Å²) in [6.07, 6.45) is 2.71. The van der Waals surface area contributed by atoms with E-state index in [0.717, 1.165) is 18.7 Å². The van der Waals surface area contributed by atoms with E-state index < -0.39 is 0 Å². The SMILES string of the molecule is CCCNc1cnc(C(C)C)nc1C(=O)N(C)CC. The Balaban J connectivity index is 3.13. The third kappa shape index (κ3) is 3.91. The normalized spacial score (nSPS) is 10.6. The summed E-state index contributed by atoms with van der Waals surface area (Å²) in [7, 11) is 1.78. The van der Waals surface area contributed by atoms with Gasteiger partial charge in [0.25, 0.3) is 5.91 Å². The molecule has 1 aromatic heterocycles. The van der Waals surface area contributed by atoms with Gasteiger partial charge in [-0.15, -0.1) is 0 Å². The van der Waals surface area contributed by atoms with Gasteiger partial charge in [-0.3, -0.25) is 4.79 Å². The summed E-state index contributed by atoms with van der Waals surface area (Å²) in [5.41, 5.74) is 1.19. The molecule has 5 nitrogen and oxygen atoms in total. The molecule has 1 heterocycles. The van der Waals surface area contributed by atoms with Crippen LogP contribution in [0.3, 0.4) is 0 Å². The second-order valence-electron chi connectivity index (χ2n) is 4.89. The van der Waals surface area contributed by atoms with E-state index in [1.807, 2.05) is 20.8 Å². The van der Waals surface area contributed by atoms with Gasteiger partial charge >= 0.3 is 0 Å². The van der Waals surface area contributed by atoms with E-state index in [0.29, 0.717) is 18.1 Å². The summed E-state index contributed by atoms with van der Waals surface area (Å²) in [4.78, 5) is 22.7. The summed E-state index contributed by atoms with van der Waals surface area (Å²) < 4.78 is 0. The number of amides is 1. The molecular formula is C14H24N4O. The molecule has 19 heavy (non-hydrogen) atoms. The molecule has 1 rings (SSSR count). The molecule has 106 valence electrons. The molecule has 5 heteroatoms. The molecular weight excluding hydrogens is 240 g/mol. The van der Waals surface area contributed by atoms with Crippen LogP contribution in [0, 0.1) is 0 Å². The van der Waals surface area contributed by atoms with Crippen molar-refractivity contribution in [2.75, 3.05) is 25.5 Å². The van der Waals surface area contributed by atoms with Gasteiger partial charge in [-0.1, -0.05) is 20.8 Å². The van der Waals surface area contributed by atoms with Gasteiger partial charge in [0.05, 0.1) is 11.9 Å². The van der Waals surface area contributed by atoms with E-state index in [2.05, 4.69) is 22.2 Å². The largest absolute Gasteiger partial charge is 0.382 e. The fourth-order valence-corrected chi connectivity index (χ4v) is 1.55. The first-order chi connectivity index (χ1) is 9.01. The van der Waals surface area contributed by atoms with Crippen molar-refractivity contribution in [3.63, 3.8) is 0 Å². The second kappa shape index (κ2) is 7.07. The lowest BCUT2D eigenvalue weighted by molar-refractivity contribution is 0.0797. The molecule has 0 aliphatic rings. The van der Waals surface area contributed by atoms with Crippen LogP contribution in [-0.2, 0) is 0 Å². The zero-order valence-corrected chi connectivity index (χ0v) is 12.5. The Bertz CT molecular complexity index is 431. The zero-order chi connectivity index (χ0) is 14.4. The quantitative estimate of drug-likeness (QED) is 0.857. The molecule has 0 spiro atoms. The number of carbonyl (C=O) groups excluding carboxylic acids is 1. The molecule has 1 amide bonds. The Morgan fingerprint density at radius 1 is 1.42 bits per heavy atom. The topological polar surface area (TPSA) is 58.1 Å². The lowest BCUT2D eigenvalue weighted by Crippen LogP contribution is -2.28. The molecule has 0 unspecified atom stereocenters. The molecule has 0 aliphatic heterocycles. The molecule has 0 aliphatic carbocycles. The predicted octanol–water partition coefficient (Wildman–Crippen LogP) is 2.51. The fraction of sp³-hybridized carbons (Fsp3) is 0.643. The van der Waals surface area contributed by atoms with Gasteiger partial charge < -0.3 is 10.2 Å². The number of anilines is 1. The summed E-state index contributed by atoms with van der Waals surface area (Å²) in [5.74, 6) is 0.846. The Labute approximate surface area is 115 Å². The Morgan fingerprint density at radius 2 is 2.11 bits per heavy atom. The van der Waals surface area contributed by atoms with Crippen LogP contribution in [0.15, 0.2) is 6.20 Å². The summed E-state index contributed by atoms with van der Waals surface area (Å²) in [6.45, 7) is 9.53. The lowest BCUT2D eigenvalue weighted by Gasteiger charge is -2.17. The summed E-state index contributed by atoms with van der Waals surface area (Å²) >= 11 is 0. The van der Waals surface area contributed by atoms with Crippen molar-refractivity contribution < 1.29 is 4.79 Å². The van der Waals surface area contributed by atoms with Crippen LogP contribution in [0.25, 0.3) is 0 Å². The fourth-order valence-electron chi connectivity index (χ4n) is 1.55. The first kappa shape index (κ1) is 15.4. The second-order valence-corrected chi connectivity index (χ2v) is 4.89. The third-order valence-corrected chi connectivity index (χ3v) is 2.91. The summed E-state index contributed by atoms with van der Waals surface area (Å²) in [6, 6.07) is 0. The Kier molecular flexibility index (Phi) is 5.73. The molecule has 0 radical (unpaired) electrons. The highest BCUT2D eigenvalue weighted by Crippen LogP contribution is 2.17. The van der Waals surface area contributed by atoms with E-state index in [-0.39, 0.29) is 11.8 Å². The van der Waals surface area contributed by atoms with Crippen LogP contribution < -0.4 is 5.32 Å². The Morgan fingerprint density at radius 3 is 2.63 bits per heavy atom. The first-order valence-electron chi connectivity index (χ1n) is 6.87. The minimum Gasteiger partial charge on any atom is -0.382 e. The molecule has 1 N–H and O–H groups in total. The lowest BCUT2D eigenvalue weighted by atomic mass is 10.2. The highest BCUT2D eigenvalue weighted by molar-refractivity contribution is 5.97. The van der Waals surface area contributed by atoms with Crippen LogP contribution in [0.4, 0.5) is 5.69 Å². The highest BCUT2D eigenvalue weighted by atomic mass is 16.2. The van der Waals surface area contributed by atoms with Gasteiger partial charge in [0, 0.05) is 26.1 Å².